The molecule has 10 heteroatoms. The van der Waals surface area contributed by atoms with E-state index in [1.807, 2.05) is 66.7 Å². The minimum Gasteiger partial charge on any atom is -0.597 e. The zero-order valence-electron chi connectivity index (χ0n) is 21.8. The number of aryl methyl sites for hydroxylation is 1. The third kappa shape index (κ3) is 6.32. The molecule has 0 aliphatic heterocycles. The second-order valence-electron chi connectivity index (χ2n) is 10.5. The van der Waals surface area contributed by atoms with Crippen molar-refractivity contribution in [2.75, 3.05) is 11.9 Å². The van der Waals surface area contributed by atoms with Crippen LogP contribution in [0.5, 0.6) is 0 Å². The summed E-state index contributed by atoms with van der Waals surface area (Å²) in [5.74, 6) is 0.610. The highest BCUT2D eigenvalue weighted by Gasteiger charge is 2.36. The van der Waals surface area contributed by atoms with Crippen molar-refractivity contribution < 1.29 is 18.5 Å². The fraction of sp³-hybridized carbons (Fsp3) is 0.520. The Kier molecular flexibility index (Phi) is 8.18. The monoisotopic (exact) mass is 539 g/mol. The third-order valence-electron chi connectivity index (χ3n) is 5.37. The van der Waals surface area contributed by atoms with Gasteiger partial charge in [0.2, 0.25) is 0 Å². The van der Waals surface area contributed by atoms with Gasteiger partial charge in [-0.3, -0.25) is 4.90 Å². The van der Waals surface area contributed by atoms with E-state index in [2.05, 4.69) is 4.98 Å². The fourth-order valence-electron chi connectivity index (χ4n) is 3.61. The molecule has 3 aromatic rings. The summed E-state index contributed by atoms with van der Waals surface area (Å²) in [6, 6.07) is 5.12. The van der Waals surface area contributed by atoms with Gasteiger partial charge in [0.1, 0.15) is 21.3 Å². The Labute approximate surface area is 219 Å². The Morgan fingerprint density at radius 1 is 1.31 bits per heavy atom. The topological polar surface area (TPSA) is 81.9 Å². The number of aromatic nitrogens is 1. The van der Waals surface area contributed by atoms with Gasteiger partial charge in [-0.15, -0.1) is 15.6 Å². The molecule has 192 valence electrons. The predicted molar refractivity (Wildman–Crippen MR) is 145 cm³/mol. The van der Waals surface area contributed by atoms with Crippen molar-refractivity contribution in [1.82, 2.24) is 9.29 Å². The number of fused-ring (bicyclic) bond motifs is 1. The number of carbonyl (C=O) groups is 1. The van der Waals surface area contributed by atoms with E-state index in [9.17, 15) is 9.35 Å². The number of furan rings is 1. The van der Waals surface area contributed by atoms with Crippen LogP contribution in [0.25, 0.3) is 10.2 Å². The van der Waals surface area contributed by atoms with Gasteiger partial charge in [0, 0.05) is 29.4 Å². The first-order chi connectivity index (χ1) is 16.1. The minimum absolute atomic E-state index is 0.138. The van der Waals surface area contributed by atoms with Crippen molar-refractivity contribution in [2.24, 2.45) is 0 Å². The molecule has 0 aliphatic rings. The lowest BCUT2D eigenvalue weighted by Gasteiger charge is -2.33. The number of rotatable bonds is 6. The Hall–Kier alpha value is -1.78. The van der Waals surface area contributed by atoms with E-state index in [-0.39, 0.29) is 17.7 Å². The summed E-state index contributed by atoms with van der Waals surface area (Å²) in [6.07, 6.45) is 1.06. The van der Waals surface area contributed by atoms with Crippen molar-refractivity contribution in [1.29, 1.82) is 0 Å². The smallest absolute Gasteiger partial charge is 0.415 e. The highest BCUT2D eigenvalue weighted by molar-refractivity contribution is 7.90. The van der Waals surface area contributed by atoms with E-state index in [1.165, 1.54) is 16.2 Å². The van der Waals surface area contributed by atoms with Crippen LogP contribution in [0.15, 0.2) is 28.9 Å². The summed E-state index contributed by atoms with van der Waals surface area (Å²) in [4.78, 5) is 20.5. The highest BCUT2D eigenvalue weighted by Crippen LogP contribution is 2.43. The molecule has 0 saturated heterocycles. The Bertz CT molecular complexity index is 1180. The number of carbonyl (C=O) groups excluding carboxylic acids is 1. The molecule has 2 atom stereocenters. The van der Waals surface area contributed by atoms with Crippen LogP contribution in [0, 0.1) is 6.92 Å². The first-order valence-corrected chi connectivity index (χ1v) is 13.7. The zero-order valence-corrected chi connectivity index (χ0v) is 24.2. The molecular formula is C25H34ClN3O4S2. The average molecular weight is 540 g/mol. The second kappa shape index (κ2) is 10.3. The van der Waals surface area contributed by atoms with Gasteiger partial charge < -0.3 is 13.7 Å². The largest absolute Gasteiger partial charge is 0.597 e. The lowest BCUT2D eigenvalue weighted by atomic mass is 10.1. The minimum atomic E-state index is -1.21. The van der Waals surface area contributed by atoms with Crippen LogP contribution >= 0.6 is 22.9 Å². The molecular weight excluding hydrogens is 506 g/mol. The first-order valence-electron chi connectivity index (χ1n) is 11.4. The Balaban J connectivity index is 2.13. The summed E-state index contributed by atoms with van der Waals surface area (Å²) >= 11 is 6.77. The van der Waals surface area contributed by atoms with Crippen LogP contribution in [0.3, 0.4) is 0 Å². The van der Waals surface area contributed by atoms with Crippen LogP contribution in [0.4, 0.5) is 10.5 Å². The molecule has 0 aromatic carbocycles. The van der Waals surface area contributed by atoms with Crippen LogP contribution in [-0.2, 0) is 22.6 Å². The summed E-state index contributed by atoms with van der Waals surface area (Å²) in [6.45, 7) is 15.5. The molecule has 0 bridgehead atoms. The lowest BCUT2D eigenvalue weighted by Crippen LogP contribution is -2.41. The normalized spacial score (nSPS) is 14.4. The number of pyridine rings is 1. The molecule has 1 amide bonds. The maximum Gasteiger partial charge on any atom is 0.415 e. The van der Waals surface area contributed by atoms with Gasteiger partial charge >= 0.3 is 6.09 Å². The average Bonchev–Trinajstić information content (AvgIpc) is 3.36. The van der Waals surface area contributed by atoms with Gasteiger partial charge in [0.25, 0.3) is 0 Å². The highest BCUT2D eigenvalue weighted by atomic mass is 35.5. The molecule has 3 heterocycles. The van der Waals surface area contributed by atoms with Gasteiger partial charge in [-0.05, 0) is 73.1 Å². The molecule has 7 nitrogen and oxygen atoms in total. The van der Waals surface area contributed by atoms with Gasteiger partial charge in [0.15, 0.2) is 0 Å². The van der Waals surface area contributed by atoms with Crippen molar-refractivity contribution in [2.45, 2.75) is 78.3 Å². The molecule has 3 rings (SSSR count). The summed E-state index contributed by atoms with van der Waals surface area (Å²) in [5, 5.41) is 0.271. The Morgan fingerprint density at radius 3 is 2.51 bits per heavy atom. The molecule has 0 N–H and O–H groups in total. The molecule has 0 spiro atoms. The maximum atomic E-state index is 13.3. The SMILES string of the molecule is Cc1c([C@H](C)N(C)[S+]([O-])C(C)(C)C)sc2c(N(Cc3ccco3)C(=O)OC(C)(C)C)cc(Cl)nc12. The predicted octanol–water partition coefficient (Wildman–Crippen LogP) is 7.25. The number of amides is 1. The molecule has 35 heavy (non-hydrogen) atoms. The van der Waals surface area contributed by atoms with Crippen molar-refractivity contribution in [3.8, 4) is 0 Å². The van der Waals surface area contributed by atoms with Crippen molar-refractivity contribution in [3.63, 3.8) is 0 Å². The standard InChI is InChI=1S/C25H34ClN3O4S2/c1-15-20-22(34-21(15)16(2)28(9)35(31)25(6,7)8)18(13-19(26)27-20)29(14-17-11-10-12-32-17)23(30)33-24(3,4)5/h10-13,16H,14H2,1-9H3/t16-,35?/m0/s1. The number of ether oxygens (including phenoxy) is 1. The van der Waals surface area contributed by atoms with E-state index < -0.39 is 27.8 Å². The van der Waals surface area contributed by atoms with E-state index in [0.29, 0.717) is 17.0 Å². The quantitative estimate of drug-likeness (QED) is 0.242. The number of halogens is 1. The molecule has 1 unspecified atom stereocenters. The summed E-state index contributed by atoms with van der Waals surface area (Å²) < 4.78 is 26.6. The van der Waals surface area contributed by atoms with Gasteiger partial charge in [-0.25, -0.2) is 9.78 Å². The van der Waals surface area contributed by atoms with E-state index in [4.69, 9.17) is 20.8 Å². The number of anilines is 1. The van der Waals surface area contributed by atoms with Crippen LogP contribution in [0.1, 0.15) is 70.7 Å². The fourth-order valence-corrected chi connectivity index (χ4v) is 6.49. The zero-order chi connectivity index (χ0) is 26.3. The maximum absolute atomic E-state index is 13.3. The molecule has 0 fully saturated rings. The van der Waals surface area contributed by atoms with E-state index >= 15 is 0 Å². The number of thiophene rings is 1. The number of hydrogen-bond donors (Lipinski definition) is 0. The summed E-state index contributed by atoms with van der Waals surface area (Å²) in [7, 11) is 1.86. The molecule has 0 radical (unpaired) electrons. The van der Waals surface area contributed by atoms with Crippen LogP contribution in [-0.4, -0.2) is 37.3 Å². The molecule has 3 aromatic heterocycles. The van der Waals surface area contributed by atoms with Gasteiger partial charge in [-0.2, -0.15) is 0 Å². The third-order valence-corrected chi connectivity index (χ3v) is 8.92. The van der Waals surface area contributed by atoms with E-state index in [1.54, 1.807) is 24.5 Å². The van der Waals surface area contributed by atoms with Crippen LogP contribution in [0.2, 0.25) is 5.15 Å². The Morgan fingerprint density at radius 2 is 1.97 bits per heavy atom. The van der Waals surface area contributed by atoms with Crippen molar-refractivity contribution >= 4 is 56.3 Å². The number of hydrogen-bond acceptors (Lipinski definition) is 7. The number of nitrogens with zero attached hydrogens (tertiary/aromatic N) is 3. The van der Waals surface area contributed by atoms with Crippen molar-refractivity contribution in [3.05, 3.63) is 45.8 Å². The van der Waals surface area contributed by atoms with Gasteiger partial charge in [0.05, 0.1) is 34.8 Å². The molecule has 0 saturated carbocycles. The molecule has 0 aliphatic carbocycles. The van der Waals surface area contributed by atoms with E-state index in [0.717, 1.165) is 15.1 Å². The lowest BCUT2D eigenvalue weighted by molar-refractivity contribution is 0.0575. The van der Waals surface area contributed by atoms with Crippen LogP contribution < -0.4 is 4.90 Å². The summed E-state index contributed by atoms with van der Waals surface area (Å²) in [5.41, 5.74) is 1.57. The van der Waals surface area contributed by atoms with Gasteiger partial charge in [-0.1, -0.05) is 11.6 Å². The first kappa shape index (κ1) is 27.8. The second-order valence-corrected chi connectivity index (χ2v) is 14.2.